The van der Waals surface area contributed by atoms with Crippen LogP contribution in [0.15, 0.2) is 0 Å². The Hall–Kier alpha value is -1.16. The highest BCUT2D eigenvalue weighted by Crippen LogP contribution is 2.33. The molecule has 1 aromatic heterocycles. The fourth-order valence-corrected chi connectivity index (χ4v) is 2.43. The maximum absolute atomic E-state index is 5.50. The summed E-state index contributed by atoms with van der Waals surface area (Å²) in [5, 5.41) is 0. The zero-order valence-corrected chi connectivity index (χ0v) is 10.1. The van der Waals surface area contributed by atoms with Crippen LogP contribution in [-0.4, -0.2) is 9.97 Å². The molecular formula is C12H20N4. The number of hydrazine groups is 1. The van der Waals surface area contributed by atoms with Crippen molar-refractivity contribution >= 4 is 5.82 Å². The van der Waals surface area contributed by atoms with Crippen LogP contribution in [0.2, 0.25) is 0 Å². The number of hydrogen-bond donors (Lipinski definition) is 2. The van der Waals surface area contributed by atoms with E-state index in [2.05, 4.69) is 22.3 Å². The number of anilines is 1. The third-order valence-corrected chi connectivity index (χ3v) is 3.46. The van der Waals surface area contributed by atoms with Crippen molar-refractivity contribution in [3.05, 3.63) is 17.1 Å². The zero-order valence-electron chi connectivity index (χ0n) is 10.1. The second-order valence-electron chi connectivity index (χ2n) is 4.48. The van der Waals surface area contributed by atoms with Crippen LogP contribution >= 0.6 is 0 Å². The van der Waals surface area contributed by atoms with Gasteiger partial charge in [0.2, 0.25) is 0 Å². The van der Waals surface area contributed by atoms with Crippen LogP contribution in [0.25, 0.3) is 0 Å². The molecule has 1 aromatic rings. The number of nitrogens with two attached hydrogens (primary N) is 1. The van der Waals surface area contributed by atoms with Crippen LogP contribution < -0.4 is 11.3 Å². The molecule has 1 fully saturated rings. The summed E-state index contributed by atoms with van der Waals surface area (Å²) in [5.74, 6) is 7.81. The minimum Gasteiger partial charge on any atom is -0.308 e. The molecule has 0 saturated heterocycles. The summed E-state index contributed by atoms with van der Waals surface area (Å²) >= 11 is 0. The van der Waals surface area contributed by atoms with E-state index >= 15 is 0 Å². The standard InChI is InChI=1S/C12H20N4/c1-3-10-8(2)11(16-13)15-12(14-10)9-6-4-5-7-9/h9H,3-7,13H2,1-2H3,(H,14,15,16). The van der Waals surface area contributed by atoms with Gasteiger partial charge in [0.05, 0.1) is 0 Å². The fraction of sp³-hybridized carbons (Fsp3) is 0.667. The molecule has 3 N–H and O–H groups in total. The van der Waals surface area contributed by atoms with Crippen molar-refractivity contribution in [1.29, 1.82) is 0 Å². The molecule has 1 aliphatic carbocycles. The summed E-state index contributed by atoms with van der Waals surface area (Å²) in [6.45, 7) is 4.14. The van der Waals surface area contributed by atoms with Crippen LogP contribution in [0.4, 0.5) is 5.82 Å². The zero-order chi connectivity index (χ0) is 11.5. The Bertz CT molecular complexity index is 344. The highest BCUT2D eigenvalue weighted by atomic mass is 15.3. The smallest absolute Gasteiger partial charge is 0.146 e. The number of nitrogens with one attached hydrogen (secondary N) is 1. The largest absolute Gasteiger partial charge is 0.308 e. The Balaban J connectivity index is 2.37. The van der Waals surface area contributed by atoms with Crippen molar-refractivity contribution in [3.8, 4) is 0 Å². The minimum absolute atomic E-state index is 0.540. The summed E-state index contributed by atoms with van der Waals surface area (Å²) in [5.41, 5.74) is 4.87. The average Bonchev–Trinajstić information content (AvgIpc) is 2.83. The molecule has 0 aromatic carbocycles. The summed E-state index contributed by atoms with van der Waals surface area (Å²) in [4.78, 5) is 9.21. The van der Waals surface area contributed by atoms with Crippen molar-refractivity contribution in [2.45, 2.75) is 51.9 Å². The molecule has 16 heavy (non-hydrogen) atoms. The van der Waals surface area contributed by atoms with Crippen molar-refractivity contribution in [1.82, 2.24) is 9.97 Å². The summed E-state index contributed by atoms with van der Waals surface area (Å²) in [7, 11) is 0. The monoisotopic (exact) mass is 220 g/mol. The van der Waals surface area contributed by atoms with Gasteiger partial charge in [0, 0.05) is 17.2 Å². The molecule has 0 amide bonds. The van der Waals surface area contributed by atoms with Crippen LogP contribution in [0.1, 0.15) is 55.6 Å². The van der Waals surface area contributed by atoms with Gasteiger partial charge in [0.15, 0.2) is 0 Å². The van der Waals surface area contributed by atoms with E-state index in [4.69, 9.17) is 5.84 Å². The third kappa shape index (κ3) is 2.02. The van der Waals surface area contributed by atoms with Crippen molar-refractivity contribution < 1.29 is 0 Å². The van der Waals surface area contributed by atoms with E-state index in [1.54, 1.807) is 0 Å². The van der Waals surface area contributed by atoms with Crippen molar-refractivity contribution in [2.24, 2.45) is 5.84 Å². The molecule has 0 aliphatic heterocycles. The molecular weight excluding hydrogens is 200 g/mol. The Kier molecular flexibility index (Phi) is 3.39. The van der Waals surface area contributed by atoms with Gasteiger partial charge in [-0.05, 0) is 26.2 Å². The molecule has 1 aliphatic rings. The first-order valence-electron chi connectivity index (χ1n) is 6.10. The maximum Gasteiger partial charge on any atom is 0.146 e. The van der Waals surface area contributed by atoms with Crippen molar-refractivity contribution in [3.63, 3.8) is 0 Å². The topological polar surface area (TPSA) is 63.8 Å². The number of aromatic nitrogens is 2. The lowest BCUT2D eigenvalue weighted by molar-refractivity contribution is 0.660. The van der Waals surface area contributed by atoms with Crippen LogP contribution in [0.5, 0.6) is 0 Å². The van der Waals surface area contributed by atoms with Crippen molar-refractivity contribution in [2.75, 3.05) is 5.43 Å². The van der Waals surface area contributed by atoms with Gasteiger partial charge in [-0.25, -0.2) is 15.8 Å². The predicted molar refractivity (Wildman–Crippen MR) is 65.2 cm³/mol. The molecule has 4 nitrogen and oxygen atoms in total. The first kappa shape index (κ1) is 11.3. The second-order valence-corrected chi connectivity index (χ2v) is 4.48. The molecule has 1 heterocycles. The third-order valence-electron chi connectivity index (χ3n) is 3.46. The van der Waals surface area contributed by atoms with Crippen LogP contribution in [-0.2, 0) is 6.42 Å². The molecule has 0 atom stereocenters. The normalized spacial score (nSPS) is 16.7. The molecule has 1 saturated carbocycles. The average molecular weight is 220 g/mol. The highest BCUT2D eigenvalue weighted by Gasteiger charge is 2.21. The van der Waals surface area contributed by atoms with Crippen LogP contribution in [0, 0.1) is 6.92 Å². The molecule has 0 spiro atoms. The van der Waals surface area contributed by atoms with E-state index in [9.17, 15) is 0 Å². The highest BCUT2D eigenvalue weighted by molar-refractivity contribution is 5.45. The van der Waals surface area contributed by atoms with Crippen LogP contribution in [0.3, 0.4) is 0 Å². The molecule has 2 rings (SSSR count). The first-order chi connectivity index (χ1) is 7.76. The molecule has 4 heteroatoms. The van der Waals surface area contributed by atoms with E-state index < -0.39 is 0 Å². The van der Waals surface area contributed by atoms with Gasteiger partial charge in [-0.3, -0.25) is 0 Å². The van der Waals surface area contributed by atoms with Gasteiger partial charge in [-0.15, -0.1) is 0 Å². The SMILES string of the molecule is CCc1nc(C2CCCC2)nc(NN)c1C. The number of nitrogens with zero attached hydrogens (tertiary/aromatic N) is 2. The fourth-order valence-electron chi connectivity index (χ4n) is 2.43. The quantitative estimate of drug-likeness (QED) is 0.606. The lowest BCUT2D eigenvalue weighted by Gasteiger charge is -2.14. The Morgan fingerprint density at radius 2 is 2.00 bits per heavy atom. The summed E-state index contributed by atoms with van der Waals surface area (Å²) in [6, 6.07) is 0. The summed E-state index contributed by atoms with van der Waals surface area (Å²) < 4.78 is 0. The first-order valence-corrected chi connectivity index (χ1v) is 6.10. The van der Waals surface area contributed by atoms with E-state index in [0.717, 1.165) is 29.3 Å². The lowest BCUT2D eigenvalue weighted by Crippen LogP contribution is -2.15. The van der Waals surface area contributed by atoms with Gasteiger partial charge >= 0.3 is 0 Å². The Labute approximate surface area is 96.6 Å². The minimum atomic E-state index is 0.540. The predicted octanol–water partition coefficient (Wildman–Crippen LogP) is 2.29. The molecule has 88 valence electrons. The number of hydrogen-bond acceptors (Lipinski definition) is 4. The summed E-state index contributed by atoms with van der Waals surface area (Å²) in [6.07, 6.45) is 5.97. The second kappa shape index (κ2) is 4.78. The van der Waals surface area contributed by atoms with Gasteiger partial charge in [-0.2, -0.15) is 0 Å². The van der Waals surface area contributed by atoms with E-state index in [1.807, 2.05) is 6.92 Å². The van der Waals surface area contributed by atoms with Gasteiger partial charge in [0.25, 0.3) is 0 Å². The number of aryl methyl sites for hydroxylation is 1. The molecule has 0 unspecified atom stereocenters. The lowest BCUT2D eigenvalue weighted by atomic mass is 10.1. The van der Waals surface area contributed by atoms with Gasteiger partial charge in [0.1, 0.15) is 11.6 Å². The van der Waals surface area contributed by atoms with Gasteiger partial charge < -0.3 is 5.43 Å². The number of nitrogen functional groups attached to an aromatic ring is 1. The Morgan fingerprint density at radius 1 is 1.31 bits per heavy atom. The molecule has 0 radical (unpaired) electrons. The Morgan fingerprint density at radius 3 is 2.56 bits per heavy atom. The maximum atomic E-state index is 5.50. The molecule has 0 bridgehead atoms. The van der Waals surface area contributed by atoms with E-state index in [0.29, 0.717) is 5.92 Å². The van der Waals surface area contributed by atoms with E-state index in [-0.39, 0.29) is 0 Å². The van der Waals surface area contributed by atoms with E-state index in [1.165, 1.54) is 25.7 Å². The number of rotatable bonds is 3. The van der Waals surface area contributed by atoms with Gasteiger partial charge in [-0.1, -0.05) is 19.8 Å².